The van der Waals surface area contributed by atoms with Crippen molar-refractivity contribution in [3.05, 3.63) is 6.42 Å². The van der Waals surface area contributed by atoms with E-state index >= 15 is 0 Å². The van der Waals surface area contributed by atoms with Crippen LogP contribution < -0.4 is 0 Å². The molecule has 0 atom stereocenters. The molecule has 1 aliphatic carbocycles. The second kappa shape index (κ2) is 3.27. The van der Waals surface area contributed by atoms with Crippen LogP contribution in [0.5, 0.6) is 0 Å². The molecule has 0 nitrogen and oxygen atoms in total. The maximum absolute atomic E-state index is 12.0. The fraction of sp³-hybridized carbons (Fsp3) is 0.889. The van der Waals surface area contributed by atoms with Crippen LogP contribution in [-0.2, 0) is 0 Å². The minimum atomic E-state index is -4.11. The fourth-order valence-corrected chi connectivity index (χ4v) is 1.90. The van der Waals surface area contributed by atoms with Crippen LogP contribution in [0.2, 0.25) is 0 Å². The molecule has 0 aliphatic heterocycles. The molecule has 3 heteroatoms. The number of halogens is 3. The monoisotopic (exact) mass is 179 g/mol. The molecular formula is C9H14F3. The summed E-state index contributed by atoms with van der Waals surface area (Å²) in [6, 6.07) is 0. The van der Waals surface area contributed by atoms with Gasteiger partial charge in [-0.15, -0.1) is 0 Å². The van der Waals surface area contributed by atoms with Crippen LogP contribution in [-0.4, -0.2) is 6.18 Å². The lowest BCUT2D eigenvalue weighted by Crippen LogP contribution is -2.28. The predicted molar refractivity (Wildman–Crippen MR) is 41.5 cm³/mol. The normalized spacial score (nSPS) is 24.0. The van der Waals surface area contributed by atoms with Crippen molar-refractivity contribution in [2.45, 2.75) is 45.2 Å². The molecule has 71 valence electrons. The minimum Gasteiger partial charge on any atom is -0.171 e. The molecule has 1 saturated carbocycles. The van der Waals surface area contributed by atoms with Gasteiger partial charge in [-0.05, 0) is 18.3 Å². The predicted octanol–water partition coefficient (Wildman–Crippen LogP) is 3.72. The second-order valence-electron chi connectivity index (χ2n) is 3.90. The molecule has 0 spiro atoms. The van der Waals surface area contributed by atoms with Crippen molar-refractivity contribution in [1.29, 1.82) is 0 Å². The molecule has 0 aromatic heterocycles. The number of alkyl halides is 3. The number of rotatable bonds is 1. The topological polar surface area (TPSA) is 0 Å². The zero-order chi connectivity index (χ0) is 9.24. The Kier molecular flexibility index (Phi) is 2.69. The van der Waals surface area contributed by atoms with E-state index in [2.05, 4.69) is 0 Å². The molecule has 0 aromatic rings. The largest absolute Gasteiger partial charge is 0.392 e. The van der Waals surface area contributed by atoms with Gasteiger partial charge in [0, 0.05) is 0 Å². The molecule has 0 saturated heterocycles. The van der Waals surface area contributed by atoms with Crippen molar-refractivity contribution in [2.24, 2.45) is 5.41 Å². The van der Waals surface area contributed by atoms with E-state index in [9.17, 15) is 13.2 Å². The van der Waals surface area contributed by atoms with E-state index in [1.807, 2.05) is 0 Å². The lowest BCUT2D eigenvalue weighted by atomic mass is 9.73. The first-order valence-electron chi connectivity index (χ1n) is 4.35. The van der Waals surface area contributed by atoms with Crippen molar-refractivity contribution < 1.29 is 13.2 Å². The first-order chi connectivity index (χ1) is 5.41. The summed E-state index contributed by atoms with van der Waals surface area (Å²) in [7, 11) is 0. The highest BCUT2D eigenvalue weighted by Gasteiger charge is 2.40. The molecule has 0 unspecified atom stereocenters. The SMILES string of the molecule is CC1([CH]C(F)(F)F)CCCCC1. The molecule has 0 aromatic carbocycles. The van der Waals surface area contributed by atoms with Gasteiger partial charge in [0.25, 0.3) is 0 Å². The summed E-state index contributed by atoms with van der Waals surface area (Å²) in [5.41, 5.74) is -0.587. The van der Waals surface area contributed by atoms with Crippen LogP contribution in [0.4, 0.5) is 13.2 Å². The van der Waals surface area contributed by atoms with Gasteiger partial charge < -0.3 is 0 Å². The average molecular weight is 179 g/mol. The first kappa shape index (κ1) is 9.87. The van der Waals surface area contributed by atoms with Gasteiger partial charge in [-0.25, -0.2) is 0 Å². The average Bonchev–Trinajstić information content (AvgIpc) is 1.83. The van der Waals surface area contributed by atoms with E-state index in [-0.39, 0.29) is 0 Å². The standard InChI is InChI=1S/C9H14F3/c1-8(7-9(10,11)12)5-3-2-4-6-8/h7H,2-6H2,1H3. The Bertz CT molecular complexity index is 142. The highest BCUT2D eigenvalue weighted by Crippen LogP contribution is 2.42. The molecule has 1 fully saturated rings. The summed E-state index contributed by atoms with van der Waals surface area (Å²) >= 11 is 0. The molecule has 0 bridgehead atoms. The maximum atomic E-state index is 12.0. The van der Waals surface area contributed by atoms with Gasteiger partial charge in [0.15, 0.2) is 0 Å². The Morgan fingerprint density at radius 1 is 1.08 bits per heavy atom. The molecule has 0 N–H and O–H groups in total. The third-order valence-electron chi connectivity index (χ3n) is 2.51. The van der Waals surface area contributed by atoms with Crippen LogP contribution in [0.1, 0.15) is 39.0 Å². The summed E-state index contributed by atoms with van der Waals surface area (Å²) in [6.45, 7) is 1.71. The minimum absolute atomic E-state index is 0.569. The van der Waals surface area contributed by atoms with Crippen molar-refractivity contribution in [3.8, 4) is 0 Å². The summed E-state index contributed by atoms with van der Waals surface area (Å²) in [5, 5.41) is 0. The zero-order valence-electron chi connectivity index (χ0n) is 7.25. The van der Waals surface area contributed by atoms with Crippen LogP contribution >= 0.6 is 0 Å². The lowest BCUT2D eigenvalue weighted by Gasteiger charge is -2.33. The molecule has 1 rings (SSSR count). The smallest absolute Gasteiger partial charge is 0.171 e. The molecule has 0 amide bonds. The van der Waals surface area contributed by atoms with Crippen molar-refractivity contribution in [1.82, 2.24) is 0 Å². The van der Waals surface area contributed by atoms with Gasteiger partial charge >= 0.3 is 6.18 Å². The highest BCUT2D eigenvalue weighted by molar-refractivity contribution is 4.95. The molecule has 0 heterocycles. The van der Waals surface area contributed by atoms with E-state index in [1.54, 1.807) is 6.92 Å². The Morgan fingerprint density at radius 3 is 2.00 bits per heavy atom. The van der Waals surface area contributed by atoms with Crippen molar-refractivity contribution in [2.75, 3.05) is 0 Å². The van der Waals surface area contributed by atoms with Crippen molar-refractivity contribution >= 4 is 0 Å². The van der Waals surface area contributed by atoms with Gasteiger partial charge in [-0.1, -0.05) is 26.2 Å². The maximum Gasteiger partial charge on any atom is 0.392 e. The van der Waals surface area contributed by atoms with Crippen LogP contribution in [0, 0.1) is 11.8 Å². The number of hydrogen-bond acceptors (Lipinski definition) is 0. The summed E-state index contributed by atoms with van der Waals surface area (Å²) in [5.74, 6) is 0. The Balaban J connectivity index is 2.47. The van der Waals surface area contributed by atoms with Crippen molar-refractivity contribution in [3.63, 3.8) is 0 Å². The van der Waals surface area contributed by atoms with Crippen LogP contribution in [0.25, 0.3) is 0 Å². The third kappa shape index (κ3) is 3.03. The van der Waals surface area contributed by atoms with E-state index < -0.39 is 11.6 Å². The second-order valence-corrected chi connectivity index (χ2v) is 3.90. The van der Waals surface area contributed by atoms with Gasteiger partial charge in [-0.2, -0.15) is 13.2 Å². The third-order valence-corrected chi connectivity index (χ3v) is 2.51. The summed E-state index contributed by atoms with van der Waals surface area (Å²) in [4.78, 5) is 0. The fourth-order valence-electron chi connectivity index (χ4n) is 1.90. The Morgan fingerprint density at radius 2 is 1.58 bits per heavy atom. The molecule has 1 aliphatic rings. The molecule has 1 radical (unpaired) electrons. The quantitative estimate of drug-likeness (QED) is 0.575. The molecule has 12 heavy (non-hydrogen) atoms. The van der Waals surface area contributed by atoms with E-state index in [4.69, 9.17) is 0 Å². The van der Waals surface area contributed by atoms with Gasteiger partial charge in [-0.3, -0.25) is 0 Å². The summed E-state index contributed by atoms with van der Waals surface area (Å²) in [6.07, 6.45) is 0.789. The lowest BCUT2D eigenvalue weighted by molar-refractivity contribution is -0.114. The van der Waals surface area contributed by atoms with Gasteiger partial charge in [0.1, 0.15) is 0 Å². The van der Waals surface area contributed by atoms with Gasteiger partial charge in [0.05, 0.1) is 6.42 Å². The number of hydrogen-bond donors (Lipinski definition) is 0. The Labute approximate surface area is 71.1 Å². The first-order valence-corrected chi connectivity index (χ1v) is 4.35. The van der Waals surface area contributed by atoms with E-state index in [0.717, 1.165) is 19.3 Å². The van der Waals surface area contributed by atoms with E-state index in [0.29, 0.717) is 19.3 Å². The van der Waals surface area contributed by atoms with Crippen LogP contribution in [0.15, 0.2) is 0 Å². The summed E-state index contributed by atoms with van der Waals surface area (Å²) < 4.78 is 36.1. The molecular weight excluding hydrogens is 165 g/mol. The van der Waals surface area contributed by atoms with Gasteiger partial charge in [0.2, 0.25) is 0 Å². The highest BCUT2D eigenvalue weighted by atomic mass is 19.4. The van der Waals surface area contributed by atoms with Crippen LogP contribution in [0.3, 0.4) is 0 Å². The zero-order valence-corrected chi connectivity index (χ0v) is 7.25. The van der Waals surface area contributed by atoms with E-state index in [1.165, 1.54) is 0 Å². The Hall–Kier alpha value is -0.210.